The minimum Gasteiger partial charge on any atom is -0.316 e. The molecule has 1 nitrogen and oxygen atoms in total. The van der Waals surface area contributed by atoms with E-state index >= 15 is 0 Å². The highest BCUT2D eigenvalue weighted by Gasteiger charge is 2.50. The van der Waals surface area contributed by atoms with E-state index in [1.54, 1.807) is 0 Å². The third-order valence-electron chi connectivity index (χ3n) is 3.93. The molecule has 0 bridgehead atoms. The Labute approximate surface area is 120 Å². The van der Waals surface area contributed by atoms with Gasteiger partial charge >= 0.3 is 0 Å². The van der Waals surface area contributed by atoms with E-state index < -0.39 is 0 Å². The van der Waals surface area contributed by atoms with Gasteiger partial charge in [-0.3, -0.25) is 0 Å². The second-order valence-corrected chi connectivity index (χ2v) is 6.81. The Morgan fingerprint density at radius 1 is 1.33 bits per heavy atom. The van der Waals surface area contributed by atoms with E-state index in [0.29, 0.717) is 21.9 Å². The topological polar surface area (TPSA) is 12.0 Å². The molecule has 1 saturated carbocycles. The summed E-state index contributed by atoms with van der Waals surface area (Å²) in [7, 11) is 0. The van der Waals surface area contributed by atoms with E-state index in [1.807, 2.05) is 12.1 Å². The van der Waals surface area contributed by atoms with E-state index in [0.717, 1.165) is 13.1 Å². The zero-order valence-electron chi connectivity index (χ0n) is 11.3. The Bertz CT molecular complexity index is 431. The van der Waals surface area contributed by atoms with Crippen LogP contribution in [0.25, 0.3) is 0 Å². The van der Waals surface area contributed by atoms with Crippen LogP contribution in [0.1, 0.15) is 32.8 Å². The fourth-order valence-corrected chi connectivity index (χ4v) is 2.80. The van der Waals surface area contributed by atoms with E-state index in [4.69, 9.17) is 23.2 Å². The first-order valence-corrected chi connectivity index (χ1v) is 7.35. The summed E-state index contributed by atoms with van der Waals surface area (Å²) in [6, 6.07) is 6.03. The molecule has 100 valence electrons. The fraction of sp³-hybridized carbons (Fsp3) is 0.600. The predicted octanol–water partition coefficient (Wildman–Crippen LogP) is 4.52. The van der Waals surface area contributed by atoms with Crippen molar-refractivity contribution in [2.75, 3.05) is 13.1 Å². The Hall–Kier alpha value is -0.240. The molecular formula is C15H21Cl2N. The smallest absolute Gasteiger partial charge is 0.0595 e. The van der Waals surface area contributed by atoms with Crippen molar-refractivity contribution in [3.63, 3.8) is 0 Å². The minimum atomic E-state index is 0.276. The Kier molecular flexibility index (Phi) is 4.25. The van der Waals surface area contributed by atoms with Gasteiger partial charge in [-0.1, -0.05) is 50.0 Å². The number of benzene rings is 1. The van der Waals surface area contributed by atoms with Gasteiger partial charge in [0.2, 0.25) is 0 Å². The predicted molar refractivity (Wildman–Crippen MR) is 79.6 cm³/mol. The molecule has 18 heavy (non-hydrogen) atoms. The van der Waals surface area contributed by atoms with Crippen LogP contribution in [0.3, 0.4) is 0 Å². The first-order chi connectivity index (χ1) is 8.43. The van der Waals surface area contributed by atoms with Gasteiger partial charge in [0.05, 0.1) is 10.0 Å². The minimum absolute atomic E-state index is 0.276. The van der Waals surface area contributed by atoms with Crippen LogP contribution < -0.4 is 5.32 Å². The monoisotopic (exact) mass is 285 g/mol. The molecule has 0 saturated heterocycles. The van der Waals surface area contributed by atoms with E-state index in [-0.39, 0.29) is 5.41 Å². The van der Waals surface area contributed by atoms with Gasteiger partial charge in [-0.05, 0) is 54.5 Å². The summed E-state index contributed by atoms with van der Waals surface area (Å²) in [5.74, 6) is 1.42. The first kappa shape index (κ1) is 14.2. The lowest BCUT2D eigenvalue weighted by Gasteiger charge is -2.14. The van der Waals surface area contributed by atoms with E-state index in [9.17, 15) is 0 Å². The second-order valence-electron chi connectivity index (χ2n) is 6.00. The van der Waals surface area contributed by atoms with E-state index in [2.05, 4.69) is 32.2 Å². The van der Waals surface area contributed by atoms with Gasteiger partial charge in [-0.15, -0.1) is 0 Å². The summed E-state index contributed by atoms with van der Waals surface area (Å²) in [6.07, 6.45) is 1.23. The van der Waals surface area contributed by atoms with Crippen LogP contribution in [0, 0.1) is 11.8 Å². The van der Waals surface area contributed by atoms with Crippen molar-refractivity contribution >= 4 is 23.2 Å². The van der Waals surface area contributed by atoms with Crippen molar-refractivity contribution in [2.24, 2.45) is 11.8 Å². The lowest BCUT2D eigenvalue weighted by molar-refractivity contribution is 0.515. The highest BCUT2D eigenvalue weighted by molar-refractivity contribution is 6.42. The van der Waals surface area contributed by atoms with Gasteiger partial charge in [0, 0.05) is 0 Å². The molecule has 3 heteroatoms. The summed E-state index contributed by atoms with van der Waals surface area (Å²) >= 11 is 12.1. The quantitative estimate of drug-likeness (QED) is 0.839. The molecule has 0 aliphatic heterocycles. The Balaban J connectivity index is 1.95. The van der Waals surface area contributed by atoms with Crippen LogP contribution in [0.2, 0.25) is 10.0 Å². The standard InChI is InChI=1S/C15H21Cl2N/c1-10(2)8-18-9-12-7-15(12,3)11-4-5-13(16)14(17)6-11/h4-6,10,12,18H,7-9H2,1-3H3. The SMILES string of the molecule is CC(C)CNCC1CC1(C)c1ccc(Cl)c(Cl)c1. The molecule has 1 fully saturated rings. The molecule has 1 aliphatic rings. The van der Waals surface area contributed by atoms with Crippen LogP contribution in [0.4, 0.5) is 0 Å². The average molecular weight is 286 g/mol. The fourth-order valence-electron chi connectivity index (χ4n) is 2.50. The van der Waals surface area contributed by atoms with Gasteiger partial charge in [0.1, 0.15) is 0 Å². The number of hydrogen-bond donors (Lipinski definition) is 1. The average Bonchev–Trinajstić information content (AvgIpc) is 2.94. The van der Waals surface area contributed by atoms with Crippen LogP contribution >= 0.6 is 23.2 Å². The third kappa shape index (κ3) is 3.01. The van der Waals surface area contributed by atoms with Crippen molar-refractivity contribution in [1.29, 1.82) is 0 Å². The summed E-state index contributed by atoms with van der Waals surface area (Å²) < 4.78 is 0. The Morgan fingerprint density at radius 3 is 2.67 bits per heavy atom. The van der Waals surface area contributed by atoms with Gasteiger partial charge < -0.3 is 5.32 Å². The molecule has 0 heterocycles. The molecule has 1 aromatic rings. The van der Waals surface area contributed by atoms with Crippen molar-refractivity contribution in [3.8, 4) is 0 Å². The maximum atomic E-state index is 6.09. The molecule has 1 aromatic carbocycles. The summed E-state index contributed by atoms with van der Waals surface area (Å²) in [5, 5.41) is 4.84. The lowest BCUT2D eigenvalue weighted by atomic mass is 9.95. The zero-order valence-corrected chi connectivity index (χ0v) is 12.8. The number of rotatable bonds is 5. The third-order valence-corrected chi connectivity index (χ3v) is 4.67. The van der Waals surface area contributed by atoms with Gasteiger partial charge in [0.25, 0.3) is 0 Å². The Morgan fingerprint density at radius 2 is 2.06 bits per heavy atom. The van der Waals surface area contributed by atoms with Gasteiger partial charge in [0.15, 0.2) is 0 Å². The zero-order chi connectivity index (χ0) is 13.3. The van der Waals surface area contributed by atoms with Crippen LogP contribution in [0.5, 0.6) is 0 Å². The number of hydrogen-bond acceptors (Lipinski definition) is 1. The van der Waals surface area contributed by atoms with Crippen molar-refractivity contribution in [3.05, 3.63) is 33.8 Å². The second kappa shape index (κ2) is 5.40. The largest absolute Gasteiger partial charge is 0.316 e. The van der Waals surface area contributed by atoms with Crippen LogP contribution in [0.15, 0.2) is 18.2 Å². The molecule has 1 aliphatic carbocycles. The molecule has 0 radical (unpaired) electrons. The van der Waals surface area contributed by atoms with Gasteiger partial charge in [-0.25, -0.2) is 0 Å². The molecule has 0 amide bonds. The molecule has 1 N–H and O–H groups in total. The van der Waals surface area contributed by atoms with Crippen molar-refractivity contribution in [1.82, 2.24) is 5.32 Å². The molecular weight excluding hydrogens is 265 g/mol. The summed E-state index contributed by atoms with van der Waals surface area (Å²) in [5.41, 5.74) is 1.59. The normalized spacial score (nSPS) is 26.7. The van der Waals surface area contributed by atoms with Gasteiger partial charge in [-0.2, -0.15) is 0 Å². The van der Waals surface area contributed by atoms with E-state index in [1.165, 1.54) is 12.0 Å². The number of nitrogens with one attached hydrogen (secondary N) is 1. The highest BCUT2D eigenvalue weighted by atomic mass is 35.5. The molecule has 2 rings (SSSR count). The summed E-state index contributed by atoms with van der Waals surface area (Å²) in [6.45, 7) is 8.97. The molecule has 2 unspecified atom stereocenters. The molecule has 0 spiro atoms. The van der Waals surface area contributed by atoms with Crippen molar-refractivity contribution < 1.29 is 0 Å². The first-order valence-electron chi connectivity index (χ1n) is 6.59. The lowest BCUT2D eigenvalue weighted by Crippen LogP contribution is -2.24. The summed E-state index contributed by atoms with van der Waals surface area (Å²) in [4.78, 5) is 0. The van der Waals surface area contributed by atoms with Crippen molar-refractivity contribution in [2.45, 2.75) is 32.6 Å². The van der Waals surface area contributed by atoms with Crippen LogP contribution in [-0.4, -0.2) is 13.1 Å². The number of halogens is 2. The highest BCUT2D eigenvalue weighted by Crippen LogP contribution is 2.54. The van der Waals surface area contributed by atoms with Crippen LogP contribution in [-0.2, 0) is 5.41 Å². The molecule has 2 atom stereocenters. The maximum Gasteiger partial charge on any atom is 0.0595 e. The molecule has 0 aromatic heterocycles. The maximum absolute atomic E-state index is 6.09.